The second kappa shape index (κ2) is 4.84. The Kier molecular flexibility index (Phi) is 3.03. The van der Waals surface area contributed by atoms with Crippen molar-refractivity contribution < 1.29 is 0 Å². The van der Waals surface area contributed by atoms with Gasteiger partial charge in [-0.3, -0.25) is 5.43 Å². The Morgan fingerprint density at radius 1 is 1.00 bits per heavy atom. The number of nitrogens with one attached hydrogen (secondary N) is 1. The Hall–Kier alpha value is -2.17. The second-order valence-corrected chi connectivity index (χ2v) is 4.50. The third-order valence-corrected chi connectivity index (χ3v) is 3.07. The van der Waals surface area contributed by atoms with E-state index >= 15 is 0 Å². The van der Waals surface area contributed by atoms with Gasteiger partial charge in [0.1, 0.15) is 0 Å². The molecule has 0 saturated heterocycles. The largest absolute Gasteiger partial charge is 0.292 e. The van der Waals surface area contributed by atoms with Crippen LogP contribution in [0.15, 0.2) is 48.5 Å². The van der Waals surface area contributed by atoms with E-state index in [9.17, 15) is 0 Å². The van der Waals surface area contributed by atoms with E-state index in [1.54, 1.807) is 6.07 Å². The van der Waals surface area contributed by atoms with Crippen LogP contribution in [0.25, 0.3) is 22.2 Å². The molecule has 3 rings (SSSR count). The lowest BCUT2D eigenvalue weighted by Crippen LogP contribution is -2.11. The third kappa shape index (κ3) is 2.23. The summed E-state index contributed by atoms with van der Waals surface area (Å²) in [7, 11) is 0. The van der Waals surface area contributed by atoms with Crippen molar-refractivity contribution >= 4 is 28.5 Å². The van der Waals surface area contributed by atoms with Crippen LogP contribution in [0.2, 0.25) is 5.02 Å². The standard InChI is InChI=1S/C14H11ClN4/c15-10-6-7-11-12(8-10)17-14(19-16)18-13(11)9-4-2-1-3-5-9/h1-8H,16H2,(H,17,18,19). The predicted molar refractivity (Wildman–Crippen MR) is 77.8 cm³/mol. The first-order chi connectivity index (χ1) is 9.28. The van der Waals surface area contributed by atoms with Gasteiger partial charge in [-0.1, -0.05) is 41.9 Å². The Morgan fingerprint density at radius 3 is 2.53 bits per heavy atom. The number of rotatable bonds is 2. The highest BCUT2D eigenvalue weighted by molar-refractivity contribution is 6.31. The SMILES string of the molecule is NNc1nc(-c2ccccc2)c2ccc(Cl)cc2n1. The smallest absolute Gasteiger partial charge is 0.238 e. The molecule has 0 bridgehead atoms. The van der Waals surface area contributed by atoms with Crippen molar-refractivity contribution in [3.63, 3.8) is 0 Å². The molecule has 0 spiro atoms. The number of benzene rings is 2. The number of hydrogen-bond acceptors (Lipinski definition) is 4. The van der Waals surface area contributed by atoms with Gasteiger partial charge in [0.25, 0.3) is 0 Å². The first kappa shape index (κ1) is 11.9. The molecule has 0 atom stereocenters. The van der Waals surface area contributed by atoms with E-state index < -0.39 is 0 Å². The number of hydrazine groups is 1. The molecule has 0 aliphatic carbocycles. The molecule has 5 heteroatoms. The third-order valence-electron chi connectivity index (χ3n) is 2.84. The molecule has 0 radical (unpaired) electrons. The lowest BCUT2D eigenvalue weighted by Gasteiger charge is -2.08. The molecule has 19 heavy (non-hydrogen) atoms. The summed E-state index contributed by atoms with van der Waals surface area (Å²) in [6, 6.07) is 15.4. The number of nitrogens with two attached hydrogens (primary N) is 1. The minimum absolute atomic E-state index is 0.369. The maximum atomic E-state index is 6.00. The molecule has 1 aromatic heterocycles. The Balaban J connectivity index is 2.33. The summed E-state index contributed by atoms with van der Waals surface area (Å²) in [4.78, 5) is 8.74. The first-order valence-corrected chi connectivity index (χ1v) is 6.15. The minimum atomic E-state index is 0.369. The van der Waals surface area contributed by atoms with Crippen molar-refractivity contribution in [1.82, 2.24) is 9.97 Å². The van der Waals surface area contributed by atoms with Gasteiger partial charge >= 0.3 is 0 Å². The van der Waals surface area contributed by atoms with Gasteiger partial charge in [-0.15, -0.1) is 0 Å². The molecule has 3 aromatic rings. The van der Waals surface area contributed by atoms with Crippen LogP contribution in [0.5, 0.6) is 0 Å². The lowest BCUT2D eigenvalue weighted by atomic mass is 10.1. The lowest BCUT2D eigenvalue weighted by molar-refractivity contribution is 1.15. The summed E-state index contributed by atoms with van der Waals surface area (Å²) < 4.78 is 0. The molecule has 0 saturated carbocycles. The van der Waals surface area contributed by atoms with E-state index in [1.165, 1.54) is 0 Å². The monoisotopic (exact) mass is 270 g/mol. The van der Waals surface area contributed by atoms with E-state index in [0.717, 1.165) is 22.2 Å². The molecule has 0 aliphatic rings. The van der Waals surface area contributed by atoms with Crippen LogP contribution in [0, 0.1) is 0 Å². The van der Waals surface area contributed by atoms with Crippen molar-refractivity contribution in [2.75, 3.05) is 5.43 Å². The molecule has 2 aromatic carbocycles. The number of aromatic nitrogens is 2. The van der Waals surface area contributed by atoms with Crippen LogP contribution in [-0.4, -0.2) is 9.97 Å². The summed E-state index contributed by atoms with van der Waals surface area (Å²) in [5, 5.41) is 1.57. The number of nitrogens with zero attached hydrogens (tertiary/aromatic N) is 2. The summed E-state index contributed by atoms with van der Waals surface area (Å²) in [6.45, 7) is 0. The molecular formula is C14H11ClN4. The molecule has 94 valence electrons. The van der Waals surface area contributed by atoms with Crippen molar-refractivity contribution in [3.8, 4) is 11.3 Å². The molecule has 3 N–H and O–H groups in total. The molecular weight excluding hydrogens is 260 g/mol. The highest BCUT2D eigenvalue weighted by Gasteiger charge is 2.09. The van der Waals surface area contributed by atoms with Crippen LogP contribution >= 0.6 is 11.6 Å². The molecule has 0 fully saturated rings. The number of halogens is 1. The molecule has 1 heterocycles. The van der Waals surface area contributed by atoms with Crippen LogP contribution in [0.4, 0.5) is 5.95 Å². The zero-order chi connectivity index (χ0) is 13.2. The van der Waals surface area contributed by atoms with E-state index in [0.29, 0.717) is 11.0 Å². The molecule has 0 unspecified atom stereocenters. The number of hydrogen-bond donors (Lipinski definition) is 2. The van der Waals surface area contributed by atoms with Gasteiger partial charge < -0.3 is 0 Å². The first-order valence-electron chi connectivity index (χ1n) is 5.77. The van der Waals surface area contributed by atoms with Crippen molar-refractivity contribution in [2.45, 2.75) is 0 Å². The predicted octanol–water partition coefficient (Wildman–Crippen LogP) is 3.24. The zero-order valence-electron chi connectivity index (χ0n) is 9.97. The number of fused-ring (bicyclic) bond motifs is 1. The Morgan fingerprint density at radius 2 is 1.79 bits per heavy atom. The van der Waals surface area contributed by atoms with Gasteiger partial charge in [0.15, 0.2) is 0 Å². The van der Waals surface area contributed by atoms with E-state index in [1.807, 2.05) is 42.5 Å². The Bertz CT molecular complexity index is 728. The molecule has 0 aliphatic heterocycles. The van der Waals surface area contributed by atoms with Crippen LogP contribution in [0.3, 0.4) is 0 Å². The highest BCUT2D eigenvalue weighted by atomic mass is 35.5. The Labute approximate surface area is 115 Å². The average molecular weight is 271 g/mol. The van der Waals surface area contributed by atoms with E-state index in [4.69, 9.17) is 17.4 Å². The maximum absolute atomic E-state index is 6.00. The quantitative estimate of drug-likeness (QED) is 0.554. The maximum Gasteiger partial charge on any atom is 0.238 e. The fourth-order valence-corrected chi connectivity index (χ4v) is 2.15. The van der Waals surface area contributed by atoms with Crippen molar-refractivity contribution in [3.05, 3.63) is 53.6 Å². The zero-order valence-corrected chi connectivity index (χ0v) is 10.7. The number of anilines is 1. The van der Waals surface area contributed by atoms with Crippen LogP contribution in [-0.2, 0) is 0 Å². The van der Waals surface area contributed by atoms with E-state index in [-0.39, 0.29) is 0 Å². The average Bonchev–Trinajstić information content (AvgIpc) is 2.46. The van der Waals surface area contributed by atoms with Gasteiger partial charge in [0, 0.05) is 16.0 Å². The highest BCUT2D eigenvalue weighted by Crippen LogP contribution is 2.28. The second-order valence-electron chi connectivity index (χ2n) is 4.07. The minimum Gasteiger partial charge on any atom is -0.292 e. The molecule has 4 nitrogen and oxygen atoms in total. The topological polar surface area (TPSA) is 63.8 Å². The van der Waals surface area contributed by atoms with Gasteiger partial charge in [0.05, 0.1) is 11.2 Å². The normalized spacial score (nSPS) is 10.6. The van der Waals surface area contributed by atoms with Gasteiger partial charge in [-0.05, 0) is 18.2 Å². The van der Waals surface area contributed by atoms with Crippen LogP contribution in [0.1, 0.15) is 0 Å². The number of nitrogen functional groups attached to an aromatic ring is 1. The molecule has 0 amide bonds. The van der Waals surface area contributed by atoms with Gasteiger partial charge in [-0.25, -0.2) is 15.8 Å². The van der Waals surface area contributed by atoms with Crippen molar-refractivity contribution in [2.24, 2.45) is 5.84 Å². The fourth-order valence-electron chi connectivity index (χ4n) is 1.98. The summed E-state index contributed by atoms with van der Waals surface area (Å²) in [5.74, 6) is 5.79. The van der Waals surface area contributed by atoms with Gasteiger partial charge in [0.2, 0.25) is 5.95 Å². The summed E-state index contributed by atoms with van der Waals surface area (Å²) in [5.41, 5.74) is 5.08. The summed E-state index contributed by atoms with van der Waals surface area (Å²) in [6.07, 6.45) is 0. The van der Waals surface area contributed by atoms with Crippen LogP contribution < -0.4 is 11.3 Å². The van der Waals surface area contributed by atoms with Crippen molar-refractivity contribution in [1.29, 1.82) is 0 Å². The fraction of sp³-hybridized carbons (Fsp3) is 0. The van der Waals surface area contributed by atoms with E-state index in [2.05, 4.69) is 15.4 Å². The summed E-state index contributed by atoms with van der Waals surface area (Å²) >= 11 is 6.00. The van der Waals surface area contributed by atoms with Gasteiger partial charge in [-0.2, -0.15) is 0 Å².